The molecule has 5 aliphatic rings. The summed E-state index contributed by atoms with van der Waals surface area (Å²) in [6.45, 7) is 4.18. The van der Waals surface area contributed by atoms with E-state index in [2.05, 4.69) is 47.1 Å². The van der Waals surface area contributed by atoms with Gasteiger partial charge in [0, 0.05) is 35.8 Å². The average Bonchev–Trinajstić information content (AvgIpc) is 3.48. The molecule has 5 heteroatoms. The van der Waals surface area contributed by atoms with Gasteiger partial charge < -0.3 is 19.9 Å². The number of H-pyrrole nitrogens is 1. The van der Waals surface area contributed by atoms with Gasteiger partial charge in [0.1, 0.15) is 0 Å². The fourth-order valence-corrected chi connectivity index (χ4v) is 8.04. The number of nitrogens with one attached hydrogen (secondary N) is 1. The molecule has 0 unspecified atom stereocenters. The molecule has 3 N–H and O–H groups in total. The number of hydrogen-bond donors (Lipinski definition) is 3. The number of benzene rings is 2. The number of aryl methyl sites for hydroxylation is 1. The zero-order chi connectivity index (χ0) is 22.8. The second kappa shape index (κ2) is 6.27. The molecule has 0 radical (unpaired) electrons. The minimum Gasteiger partial charge on any atom is -0.504 e. The number of ether oxygens (including phenoxy) is 1. The van der Waals surface area contributed by atoms with Crippen LogP contribution in [0.2, 0.25) is 0 Å². The molecule has 5 nitrogen and oxygen atoms in total. The number of aliphatic hydroxyl groups is 1. The molecule has 34 heavy (non-hydrogen) atoms. The van der Waals surface area contributed by atoms with Gasteiger partial charge in [-0.15, -0.1) is 0 Å². The van der Waals surface area contributed by atoms with E-state index >= 15 is 0 Å². The van der Waals surface area contributed by atoms with Crippen LogP contribution in [0.3, 0.4) is 0 Å². The van der Waals surface area contributed by atoms with Crippen LogP contribution < -0.4 is 4.74 Å². The van der Waals surface area contributed by atoms with Gasteiger partial charge in [-0.3, -0.25) is 4.90 Å². The van der Waals surface area contributed by atoms with E-state index in [9.17, 15) is 10.2 Å². The Balaban J connectivity index is 1.39. The van der Waals surface area contributed by atoms with Crippen LogP contribution in [-0.4, -0.2) is 44.8 Å². The first-order valence-electron chi connectivity index (χ1n) is 12.8. The SMILES string of the molecule is Cc1[nH]c2c(c1-c1ccccc1)C[C@@]1(O)[C@H]3Cc4ccc(O)c5c4[C@@]1(CCN3CC1CC1)[C@H]2O5. The van der Waals surface area contributed by atoms with Crippen molar-refractivity contribution < 1.29 is 14.9 Å². The van der Waals surface area contributed by atoms with Gasteiger partial charge in [0.2, 0.25) is 0 Å². The number of nitrogens with zero attached hydrogens (tertiary/aromatic N) is 1. The van der Waals surface area contributed by atoms with Crippen LogP contribution in [0.15, 0.2) is 42.5 Å². The molecule has 1 aromatic heterocycles. The van der Waals surface area contributed by atoms with Crippen LogP contribution in [0.1, 0.15) is 53.4 Å². The topological polar surface area (TPSA) is 68.7 Å². The molecule has 0 amide bonds. The van der Waals surface area contributed by atoms with Crippen molar-refractivity contribution in [1.29, 1.82) is 0 Å². The number of aromatic amines is 1. The number of aromatic hydroxyl groups is 1. The monoisotopic (exact) mass is 454 g/mol. The third-order valence-corrected chi connectivity index (χ3v) is 9.61. The van der Waals surface area contributed by atoms with Crippen LogP contribution >= 0.6 is 0 Å². The van der Waals surface area contributed by atoms with Gasteiger partial charge in [-0.05, 0) is 67.8 Å². The summed E-state index contributed by atoms with van der Waals surface area (Å²) in [4.78, 5) is 6.27. The Labute approximate surface area is 199 Å². The van der Waals surface area contributed by atoms with Crippen molar-refractivity contribution >= 4 is 0 Å². The van der Waals surface area contributed by atoms with E-state index in [1.54, 1.807) is 6.07 Å². The first-order chi connectivity index (χ1) is 16.5. The summed E-state index contributed by atoms with van der Waals surface area (Å²) < 4.78 is 6.67. The fourth-order valence-electron chi connectivity index (χ4n) is 8.04. The predicted octanol–water partition coefficient (Wildman–Crippen LogP) is 4.39. The Morgan fingerprint density at radius 3 is 2.76 bits per heavy atom. The van der Waals surface area contributed by atoms with Gasteiger partial charge >= 0.3 is 0 Å². The highest BCUT2D eigenvalue weighted by atomic mass is 16.5. The van der Waals surface area contributed by atoms with Crippen LogP contribution in [0, 0.1) is 12.8 Å². The summed E-state index contributed by atoms with van der Waals surface area (Å²) in [5, 5.41) is 23.7. The molecule has 3 aromatic rings. The van der Waals surface area contributed by atoms with Crippen molar-refractivity contribution in [2.24, 2.45) is 5.92 Å². The third-order valence-electron chi connectivity index (χ3n) is 9.61. The molecular weight excluding hydrogens is 424 g/mol. The standard InChI is InChI=1S/C29H30N2O3/c1-16-23(18-5-3-2-4-6-18)20-14-29(33)22-13-19-9-10-21(32)26-24(19)28(29,27(34-26)25(20)30-16)11-12-31(22)15-17-7-8-17/h2-6,9-10,17,22,27,30,32-33H,7-8,11-15H2,1H3/t22-,27+,28+,29-/m1/s1. The lowest BCUT2D eigenvalue weighted by molar-refractivity contribution is -0.173. The van der Waals surface area contributed by atoms with Crippen molar-refractivity contribution in [3.63, 3.8) is 0 Å². The zero-order valence-corrected chi connectivity index (χ0v) is 19.5. The number of phenols is 1. The molecule has 2 bridgehead atoms. The number of likely N-dealkylation sites (tertiary alicyclic amines) is 1. The lowest BCUT2D eigenvalue weighted by Gasteiger charge is -2.62. The minimum absolute atomic E-state index is 0.0583. The summed E-state index contributed by atoms with van der Waals surface area (Å²) in [5.74, 6) is 1.56. The second-order valence-electron chi connectivity index (χ2n) is 11.3. The summed E-state index contributed by atoms with van der Waals surface area (Å²) in [6, 6.07) is 14.4. The van der Waals surface area contributed by atoms with Crippen molar-refractivity contribution in [2.75, 3.05) is 13.1 Å². The van der Waals surface area contributed by atoms with E-state index in [1.807, 2.05) is 6.07 Å². The van der Waals surface area contributed by atoms with E-state index in [0.717, 1.165) is 48.8 Å². The van der Waals surface area contributed by atoms with Gasteiger partial charge in [-0.2, -0.15) is 0 Å². The van der Waals surface area contributed by atoms with Crippen molar-refractivity contribution in [3.05, 3.63) is 70.5 Å². The molecule has 1 saturated carbocycles. The molecule has 174 valence electrons. The molecule has 2 aromatic carbocycles. The highest BCUT2D eigenvalue weighted by molar-refractivity contribution is 5.75. The number of aromatic nitrogens is 1. The van der Waals surface area contributed by atoms with E-state index in [-0.39, 0.29) is 17.9 Å². The predicted molar refractivity (Wildman–Crippen MR) is 129 cm³/mol. The smallest absolute Gasteiger partial charge is 0.166 e. The maximum Gasteiger partial charge on any atom is 0.166 e. The lowest BCUT2D eigenvalue weighted by atomic mass is 9.49. The van der Waals surface area contributed by atoms with Gasteiger partial charge in [0.15, 0.2) is 17.6 Å². The van der Waals surface area contributed by atoms with E-state index in [0.29, 0.717) is 12.2 Å². The molecule has 3 aliphatic carbocycles. The number of phenolic OH excluding ortho intramolecular Hbond substituents is 1. The summed E-state index contributed by atoms with van der Waals surface area (Å²) >= 11 is 0. The molecular formula is C29H30N2O3. The average molecular weight is 455 g/mol. The molecule has 2 aliphatic heterocycles. The lowest BCUT2D eigenvalue weighted by Crippen LogP contribution is -2.74. The van der Waals surface area contributed by atoms with Gasteiger partial charge in [-0.25, -0.2) is 0 Å². The van der Waals surface area contributed by atoms with E-state index in [4.69, 9.17) is 4.74 Å². The maximum absolute atomic E-state index is 12.9. The zero-order valence-electron chi connectivity index (χ0n) is 19.5. The molecule has 8 rings (SSSR count). The van der Waals surface area contributed by atoms with Crippen molar-refractivity contribution in [3.8, 4) is 22.6 Å². The first-order valence-corrected chi connectivity index (χ1v) is 12.8. The fraction of sp³-hybridized carbons (Fsp3) is 0.448. The Hall–Kier alpha value is -2.76. The summed E-state index contributed by atoms with van der Waals surface area (Å²) in [7, 11) is 0. The number of hydrogen-bond acceptors (Lipinski definition) is 4. The highest BCUT2D eigenvalue weighted by Gasteiger charge is 2.73. The number of fused-ring (bicyclic) bond motifs is 2. The molecule has 4 atom stereocenters. The third kappa shape index (κ3) is 2.19. The van der Waals surface area contributed by atoms with Crippen LogP contribution in [-0.2, 0) is 18.3 Å². The molecule has 3 heterocycles. The number of piperidine rings is 1. The van der Waals surface area contributed by atoms with Crippen LogP contribution in [0.5, 0.6) is 11.5 Å². The van der Waals surface area contributed by atoms with Crippen LogP contribution in [0.4, 0.5) is 0 Å². The van der Waals surface area contributed by atoms with Crippen molar-refractivity contribution in [1.82, 2.24) is 9.88 Å². The quantitative estimate of drug-likeness (QED) is 0.549. The van der Waals surface area contributed by atoms with Crippen LogP contribution in [0.25, 0.3) is 11.1 Å². The minimum atomic E-state index is -0.942. The molecule has 1 saturated heterocycles. The highest BCUT2D eigenvalue weighted by Crippen LogP contribution is 2.69. The van der Waals surface area contributed by atoms with E-state index < -0.39 is 11.0 Å². The number of rotatable bonds is 3. The van der Waals surface area contributed by atoms with E-state index in [1.165, 1.54) is 35.1 Å². The largest absolute Gasteiger partial charge is 0.504 e. The molecule has 2 fully saturated rings. The normalized spacial score (nSPS) is 32.8. The summed E-state index contributed by atoms with van der Waals surface area (Å²) in [6.07, 6.45) is 4.57. The first kappa shape index (κ1) is 19.5. The van der Waals surface area contributed by atoms with Gasteiger partial charge in [-0.1, -0.05) is 36.4 Å². The Morgan fingerprint density at radius 1 is 1.15 bits per heavy atom. The second-order valence-corrected chi connectivity index (χ2v) is 11.3. The van der Waals surface area contributed by atoms with Crippen molar-refractivity contribution in [2.45, 2.75) is 62.2 Å². The van der Waals surface area contributed by atoms with Gasteiger partial charge in [0.05, 0.1) is 16.7 Å². The Kier molecular flexibility index (Phi) is 3.60. The Morgan fingerprint density at radius 2 is 1.97 bits per heavy atom. The maximum atomic E-state index is 12.9. The molecule has 1 spiro atoms. The Bertz CT molecular complexity index is 1340. The van der Waals surface area contributed by atoms with Gasteiger partial charge in [0.25, 0.3) is 0 Å². The summed E-state index contributed by atoms with van der Waals surface area (Å²) in [5.41, 5.74) is 6.58.